The summed E-state index contributed by atoms with van der Waals surface area (Å²) in [6.45, 7) is 3.73. The van der Waals surface area contributed by atoms with E-state index in [9.17, 15) is 4.79 Å². The van der Waals surface area contributed by atoms with E-state index in [0.29, 0.717) is 40.2 Å². The molecule has 5 heteroatoms. The van der Waals surface area contributed by atoms with E-state index in [1.807, 2.05) is 13.8 Å². The largest absolute Gasteiger partial charge is 0.495 e. The number of carbonyl (C=O) groups is 1. The summed E-state index contributed by atoms with van der Waals surface area (Å²) >= 11 is 0. The van der Waals surface area contributed by atoms with Crippen LogP contribution in [0.3, 0.4) is 0 Å². The molecular weight excluding hydrogens is 260 g/mol. The lowest BCUT2D eigenvalue weighted by Crippen LogP contribution is -2.36. The van der Waals surface area contributed by atoms with Gasteiger partial charge in [0.25, 0.3) is 0 Å². The maximum absolute atomic E-state index is 12.5. The minimum atomic E-state index is -0.581. The lowest BCUT2D eigenvalue weighted by Gasteiger charge is -2.33. The van der Waals surface area contributed by atoms with Crippen LogP contribution in [0.2, 0.25) is 0 Å². The molecule has 5 nitrogen and oxygen atoms in total. The number of hydrogen-bond acceptors (Lipinski definition) is 5. The van der Waals surface area contributed by atoms with Gasteiger partial charge in [0, 0.05) is 0 Å². The van der Waals surface area contributed by atoms with Crippen molar-refractivity contribution in [2.75, 3.05) is 14.2 Å². The molecule has 2 heterocycles. The molecule has 0 unspecified atom stereocenters. The molecule has 0 saturated carbocycles. The Morgan fingerprint density at radius 3 is 2.55 bits per heavy atom. The molecule has 0 amide bonds. The van der Waals surface area contributed by atoms with Crippen LogP contribution < -0.4 is 14.2 Å². The number of furan rings is 1. The van der Waals surface area contributed by atoms with Crippen molar-refractivity contribution in [2.24, 2.45) is 0 Å². The fourth-order valence-corrected chi connectivity index (χ4v) is 2.65. The topological polar surface area (TPSA) is 57.9 Å². The molecule has 1 aromatic heterocycles. The molecule has 0 bridgehead atoms. The second-order valence-corrected chi connectivity index (χ2v) is 5.40. The molecule has 106 valence electrons. The van der Waals surface area contributed by atoms with Gasteiger partial charge >= 0.3 is 0 Å². The normalized spacial score (nSPS) is 16.7. The van der Waals surface area contributed by atoms with Crippen molar-refractivity contribution >= 4 is 16.8 Å². The molecule has 0 fully saturated rings. The summed E-state index contributed by atoms with van der Waals surface area (Å²) in [6, 6.07) is 1.75. The number of methoxy groups -OCH3 is 2. The number of benzene rings is 1. The number of rotatable bonds is 2. The Hall–Kier alpha value is -2.17. The summed E-state index contributed by atoms with van der Waals surface area (Å²) in [5.41, 5.74) is 0.369. The van der Waals surface area contributed by atoms with Crippen LogP contribution in [0.5, 0.6) is 17.2 Å². The van der Waals surface area contributed by atoms with Crippen LogP contribution in [-0.4, -0.2) is 25.6 Å². The van der Waals surface area contributed by atoms with E-state index in [0.717, 1.165) is 0 Å². The van der Waals surface area contributed by atoms with Gasteiger partial charge < -0.3 is 18.6 Å². The summed E-state index contributed by atoms with van der Waals surface area (Å²) in [5.74, 6) is 1.29. The van der Waals surface area contributed by atoms with Crippen molar-refractivity contribution in [1.29, 1.82) is 0 Å². The Morgan fingerprint density at radius 1 is 1.20 bits per heavy atom. The molecule has 0 aliphatic carbocycles. The average molecular weight is 276 g/mol. The fraction of sp³-hybridized carbons (Fsp3) is 0.400. The first-order chi connectivity index (χ1) is 9.48. The molecule has 2 aromatic rings. The molecule has 20 heavy (non-hydrogen) atoms. The molecule has 1 aliphatic rings. The van der Waals surface area contributed by atoms with Gasteiger partial charge in [0.1, 0.15) is 16.9 Å². The summed E-state index contributed by atoms with van der Waals surface area (Å²) in [4.78, 5) is 12.5. The predicted octanol–water partition coefficient (Wildman–Crippen LogP) is 3.19. The summed E-state index contributed by atoms with van der Waals surface area (Å²) < 4.78 is 22.2. The Morgan fingerprint density at radius 2 is 1.90 bits per heavy atom. The van der Waals surface area contributed by atoms with Crippen molar-refractivity contribution in [3.05, 3.63) is 17.9 Å². The lowest BCUT2D eigenvalue weighted by molar-refractivity contribution is 0.0596. The quantitative estimate of drug-likeness (QED) is 0.843. The van der Waals surface area contributed by atoms with Crippen LogP contribution in [0.15, 0.2) is 16.7 Å². The zero-order valence-corrected chi connectivity index (χ0v) is 11.9. The lowest BCUT2D eigenvalue weighted by atomic mass is 9.91. The number of hydrogen-bond donors (Lipinski definition) is 0. The first-order valence-corrected chi connectivity index (χ1v) is 6.36. The number of fused-ring (bicyclic) bond motifs is 2. The first kappa shape index (κ1) is 12.8. The molecule has 1 aromatic carbocycles. The summed E-state index contributed by atoms with van der Waals surface area (Å²) in [5, 5.41) is 0.708. The SMILES string of the molecule is COc1c2c(c(OC)c3occc13)OC(C)(C)CC2=O. The average Bonchev–Trinajstić information content (AvgIpc) is 2.83. The van der Waals surface area contributed by atoms with Crippen LogP contribution in [0.25, 0.3) is 11.0 Å². The Balaban J connectivity index is 2.42. The number of carbonyl (C=O) groups excluding carboxylic acids is 1. The van der Waals surface area contributed by atoms with E-state index in [1.165, 1.54) is 20.5 Å². The van der Waals surface area contributed by atoms with Crippen LogP contribution in [0.4, 0.5) is 0 Å². The minimum Gasteiger partial charge on any atom is -0.495 e. The van der Waals surface area contributed by atoms with Gasteiger partial charge in [-0.2, -0.15) is 0 Å². The van der Waals surface area contributed by atoms with Crippen molar-refractivity contribution in [2.45, 2.75) is 25.9 Å². The maximum atomic E-state index is 12.5. The second kappa shape index (κ2) is 4.16. The van der Waals surface area contributed by atoms with E-state index in [1.54, 1.807) is 6.07 Å². The van der Waals surface area contributed by atoms with E-state index in [2.05, 4.69) is 0 Å². The fourth-order valence-electron chi connectivity index (χ4n) is 2.65. The Labute approximate surface area is 116 Å². The minimum absolute atomic E-state index is 0.0190. The van der Waals surface area contributed by atoms with Gasteiger partial charge in [0.2, 0.25) is 5.75 Å². The predicted molar refractivity (Wildman–Crippen MR) is 73.0 cm³/mol. The first-order valence-electron chi connectivity index (χ1n) is 6.36. The highest BCUT2D eigenvalue weighted by atomic mass is 16.5. The molecular formula is C15H16O5. The van der Waals surface area contributed by atoms with Crippen LogP contribution in [0.1, 0.15) is 30.6 Å². The van der Waals surface area contributed by atoms with Crippen LogP contribution >= 0.6 is 0 Å². The van der Waals surface area contributed by atoms with E-state index >= 15 is 0 Å². The van der Waals surface area contributed by atoms with Gasteiger partial charge in [0.15, 0.2) is 17.1 Å². The zero-order chi connectivity index (χ0) is 14.5. The summed E-state index contributed by atoms with van der Waals surface area (Å²) in [7, 11) is 3.06. The Bertz CT molecular complexity index is 696. The van der Waals surface area contributed by atoms with Gasteiger partial charge in [-0.3, -0.25) is 4.79 Å². The molecule has 0 saturated heterocycles. The standard InChI is InChI=1S/C15H16O5/c1-15(2)7-9(16)10-11(17-3)8-5-6-19-12(8)14(18-4)13(10)20-15/h5-6H,7H2,1-4H3. The van der Waals surface area contributed by atoms with Crippen molar-refractivity contribution < 1.29 is 23.4 Å². The molecule has 3 rings (SSSR count). The maximum Gasteiger partial charge on any atom is 0.205 e. The Kier molecular flexibility index (Phi) is 2.67. The van der Waals surface area contributed by atoms with Crippen LogP contribution in [-0.2, 0) is 0 Å². The van der Waals surface area contributed by atoms with E-state index < -0.39 is 5.60 Å². The van der Waals surface area contributed by atoms with E-state index in [-0.39, 0.29) is 5.78 Å². The molecule has 1 aliphatic heterocycles. The third-order valence-corrected chi connectivity index (χ3v) is 3.43. The molecule has 0 spiro atoms. The number of Topliss-reactive ketones (excluding diaryl/α,β-unsaturated/α-hetero) is 1. The summed E-state index contributed by atoms with van der Waals surface area (Å²) in [6.07, 6.45) is 1.83. The van der Waals surface area contributed by atoms with Crippen LogP contribution in [0, 0.1) is 0 Å². The molecule has 0 atom stereocenters. The third kappa shape index (κ3) is 1.66. The number of ketones is 1. The third-order valence-electron chi connectivity index (χ3n) is 3.43. The van der Waals surface area contributed by atoms with Crippen molar-refractivity contribution in [3.63, 3.8) is 0 Å². The van der Waals surface area contributed by atoms with Gasteiger partial charge in [-0.1, -0.05) is 0 Å². The van der Waals surface area contributed by atoms with E-state index in [4.69, 9.17) is 18.6 Å². The highest BCUT2D eigenvalue weighted by Crippen LogP contribution is 2.50. The monoisotopic (exact) mass is 276 g/mol. The molecule has 0 radical (unpaired) electrons. The van der Waals surface area contributed by atoms with Gasteiger partial charge in [-0.15, -0.1) is 0 Å². The van der Waals surface area contributed by atoms with Gasteiger partial charge in [-0.05, 0) is 19.9 Å². The zero-order valence-electron chi connectivity index (χ0n) is 11.9. The number of ether oxygens (including phenoxy) is 3. The second-order valence-electron chi connectivity index (χ2n) is 5.40. The van der Waals surface area contributed by atoms with Gasteiger partial charge in [-0.25, -0.2) is 0 Å². The van der Waals surface area contributed by atoms with Gasteiger partial charge in [0.05, 0.1) is 32.3 Å². The highest BCUT2D eigenvalue weighted by molar-refractivity contribution is 6.10. The smallest absolute Gasteiger partial charge is 0.205 e. The molecule has 0 N–H and O–H groups in total. The van der Waals surface area contributed by atoms with Crippen molar-refractivity contribution in [3.8, 4) is 17.2 Å². The highest BCUT2D eigenvalue weighted by Gasteiger charge is 2.39. The van der Waals surface area contributed by atoms with Crippen molar-refractivity contribution in [1.82, 2.24) is 0 Å².